The molecule has 0 spiro atoms. The summed E-state index contributed by atoms with van der Waals surface area (Å²) < 4.78 is 13.8. The number of anilines is 1. The number of nitrogens with zero attached hydrogens (tertiary/aromatic N) is 1. The number of hydrogen-bond donors (Lipinski definition) is 2. The molecule has 0 aliphatic carbocycles. The summed E-state index contributed by atoms with van der Waals surface area (Å²) >= 11 is 0. The smallest absolute Gasteiger partial charge is 0.147 e. The Hall–Kier alpha value is -1.58. The fraction of sp³-hybridized carbons (Fsp3) is 0.462. The Morgan fingerprint density at radius 1 is 1.47 bits per heavy atom. The molecule has 3 nitrogen and oxygen atoms in total. The molecular formula is C13H20FN3. The molecule has 0 saturated heterocycles. The van der Waals surface area contributed by atoms with E-state index >= 15 is 0 Å². The molecule has 1 aromatic rings. The third-order valence-corrected chi connectivity index (χ3v) is 2.71. The van der Waals surface area contributed by atoms with Crippen LogP contribution < -0.4 is 10.6 Å². The zero-order valence-electron chi connectivity index (χ0n) is 10.6. The van der Waals surface area contributed by atoms with Crippen molar-refractivity contribution in [2.45, 2.75) is 20.3 Å². The third kappa shape index (κ3) is 3.73. The Morgan fingerprint density at radius 3 is 2.59 bits per heavy atom. The summed E-state index contributed by atoms with van der Waals surface area (Å²) in [4.78, 5) is 1.89. The number of amidine groups is 1. The van der Waals surface area contributed by atoms with Crippen molar-refractivity contribution in [2.24, 2.45) is 11.7 Å². The topological polar surface area (TPSA) is 53.1 Å². The monoisotopic (exact) mass is 237 g/mol. The van der Waals surface area contributed by atoms with Gasteiger partial charge in [0.05, 0.1) is 5.69 Å². The van der Waals surface area contributed by atoms with Crippen molar-refractivity contribution in [3.63, 3.8) is 0 Å². The van der Waals surface area contributed by atoms with Crippen LogP contribution in [-0.4, -0.2) is 19.4 Å². The molecule has 0 heterocycles. The van der Waals surface area contributed by atoms with Crippen LogP contribution in [0.3, 0.4) is 0 Å². The highest BCUT2D eigenvalue weighted by Crippen LogP contribution is 2.20. The van der Waals surface area contributed by atoms with Crippen LogP contribution >= 0.6 is 0 Å². The molecule has 0 saturated carbocycles. The first kappa shape index (κ1) is 13.5. The van der Waals surface area contributed by atoms with Gasteiger partial charge in [-0.05, 0) is 30.5 Å². The van der Waals surface area contributed by atoms with E-state index in [0.29, 0.717) is 17.2 Å². The molecule has 0 unspecified atom stereocenters. The van der Waals surface area contributed by atoms with Crippen LogP contribution in [0.1, 0.15) is 25.8 Å². The third-order valence-electron chi connectivity index (χ3n) is 2.71. The lowest BCUT2D eigenvalue weighted by Crippen LogP contribution is -2.21. The quantitative estimate of drug-likeness (QED) is 0.611. The van der Waals surface area contributed by atoms with Gasteiger partial charge >= 0.3 is 0 Å². The summed E-state index contributed by atoms with van der Waals surface area (Å²) in [6.07, 6.45) is 1.02. The van der Waals surface area contributed by atoms with E-state index in [0.717, 1.165) is 13.0 Å². The first-order chi connectivity index (χ1) is 7.91. The van der Waals surface area contributed by atoms with E-state index in [1.165, 1.54) is 6.07 Å². The van der Waals surface area contributed by atoms with Gasteiger partial charge in [-0.3, -0.25) is 5.41 Å². The Balaban J connectivity index is 2.81. The van der Waals surface area contributed by atoms with Crippen molar-refractivity contribution < 1.29 is 4.39 Å². The SMILES string of the molecule is CC(C)CCN(C)c1ccc(C(=N)N)cc1F. The molecule has 0 aliphatic rings. The maximum atomic E-state index is 13.8. The summed E-state index contributed by atoms with van der Waals surface area (Å²) in [6, 6.07) is 4.66. The predicted octanol–water partition coefficient (Wildman–Crippen LogP) is 2.59. The van der Waals surface area contributed by atoms with Crippen molar-refractivity contribution in [1.29, 1.82) is 5.41 Å². The molecule has 0 aromatic heterocycles. The zero-order valence-corrected chi connectivity index (χ0v) is 10.6. The van der Waals surface area contributed by atoms with Crippen molar-refractivity contribution in [3.8, 4) is 0 Å². The molecule has 0 aliphatic heterocycles. The standard InChI is InChI=1S/C13H20FN3/c1-9(2)6-7-17(3)12-5-4-10(13(15)16)8-11(12)14/h4-5,8-9H,6-7H2,1-3H3,(H3,15,16). The van der Waals surface area contributed by atoms with Crippen LogP contribution in [0.2, 0.25) is 0 Å². The van der Waals surface area contributed by atoms with E-state index in [1.54, 1.807) is 12.1 Å². The predicted molar refractivity (Wildman–Crippen MR) is 70.1 cm³/mol. The number of nitrogens with one attached hydrogen (secondary N) is 1. The number of benzene rings is 1. The molecule has 4 heteroatoms. The minimum absolute atomic E-state index is 0.111. The van der Waals surface area contributed by atoms with Crippen molar-refractivity contribution in [3.05, 3.63) is 29.6 Å². The first-order valence-corrected chi connectivity index (χ1v) is 5.77. The van der Waals surface area contributed by atoms with Gasteiger partial charge in [0.25, 0.3) is 0 Å². The van der Waals surface area contributed by atoms with Gasteiger partial charge in [0.15, 0.2) is 0 Å². The number of rotatable bonds is 5. The van der Waals surface area contributed by atoms with E-state index in [9.17, 15) is 4.39 Å². The number of nitrogen functional groups attached to an aromatic ring is 1. The first-order valence-electron chi connectivity index (χ1n) is 5.77. The normalized spacial score (nSPS) is 10.6. The lowest BCUT2D eigenvalue weighted by molar-refractivity contribution is 0.574. The summed E-state index contributed by atoms with van der Waals surface area (Å²) in [5, 5.41) is 7.24. The van der Waals surface area contributed by atoms with Crippen LogP contribution in [0.4, 0.5) is 10.1 Å². The second-order valence-electron chi connectivity index (χ2n) is 4.68. The minimum atomic E-state index is -0.330. The molecule has 0 radical (unpaired) electrons. The Labute approximate surface area is 102 Å². The molecular weight excluding hydrogens is 217 g/mol. The van der Waals surface area contributed by atoms with Gasteiger partial charge in [-0.25, -0.2) is 4.39 Å². The highest BCUT2D eigenvalue weighted by atomic mass is 19.1. The van der Waals surface area contributed by atoms with Crippen LogP contribution in [0.15, 0.2) is 18.2 Å². The van der Waals surface area contributed by atoms with Gasteiger partial charge in [0.2, 0.25) is 0 Å². The van der Waals surface area contributed by atoms with Crippen LogP contribution in [-0.2, 0) is 0 Å². The maximum Gasteiger partial charge on any atom is 0.147 e. The van der Waals surface area contributed by atoms with E-state index in [4.69, 9.17) is 11.1 Å². The summed E-state index contributed by atoms with van der Waals surface area (Å²) in [5.74, 6) is 0.154. The highest BCUT2D eigenvalue weighted by molar-refractivity contribution is 5.95. The molecule has 0 amide bonds. The van der Waals surface area contributed by atoms with Gasteiger partial charge in [-0.15, -0.1) is 0 Å². The van der Waals surface area contributed by atoms with Gasteiger partial charge in [0, 0.05) is 19.2 Å². The Morgan fingerprint density at radius 2 is 2.12 bits per heavy atom. The van der Waals surface area contributed by atoms with Gasteiger partial charge in [-0.2, -0.15) is 0 Å². The van der Waals surface area contributed by atoms with Gasteiger partial charge < -0.3 is 10.6 Å². The minimum Gasteiger partial charge on any atom is -0.384 e. The van der Waals surface area contributed by atoms with Crippen LogP contribution in [0, 0.1) is 17.1 Å². The molecule has 0 bridgehead atoms. The van der Waals surface area contributed by atoms with Gasteiger partial charge in [-0.1, -0.05) is 13.8 Å². The summed E-state index contributed by atoms with van der Waals surface area (Å²) in [6.45, 7) is 5.10. The lowest BCUT2D eigenvalue weighted by atomic mass is 10.1. The molecule has 94 valence electrons. The average Bonchev–Trinajstić information content (AvgIpc) is 2.25. The second-order valence-corrected chi connectivity index (χ2v) is 4.68. The highest BCUT2D eigenvalue weighted by Gasteiger charge is 2.09. The maximum absolute atomic E-state index is 13.8. The van der Waals surface area contributed by atoms with Crippen molar-refractivity contribution in [1.82, 2.24) is 0 Å². The number of nitrogens with two attached hydrogens (primary N) is 1. The summed E-state index contributed by atoms with van der Waals surface area (Å²) in [7, 11) is 1.87. The average molecular weight is 237 g/mol. The molecule has 1 aromatic carbocycles. The molecule has 0 atom stereocenters. The van der Waals surface area contributed by atoms with Crippen molar-refractivity contribution >= 4 is 11.5 Å². The van der Waals surface area contributed by atoms with Crippen LogP contribution in [0.5, 0.6) is 0 Å². The van der Waals surface area contributed by atoms with Gasteiger partial charge in [0.1, 0.15) is 11.7 Å². The number of hydrogen-bond acceptors (Lipinski definition) is 2. The molecule has 17 heavy (non-hydrogen) atoms. The zero-order chi connectivity index (χ0) is 13.0. The fourth-order valence-electron chi connectivity index (χ4n) is 1.56. The molecule has 0 fully saturated rings. The fourth-order valence-corrected chi connectivity index (χ4v) is 1.56. The Kier molecular flexibility index (Phi) is 4.49. The van der Waals surface area contributed by atoms with Crippen LogP contribution in [0.25, 0.3) is 0 Å². The molecule has 3 N–H and O–H groups in total. The lowest BCUT2D eigenvalue weighted by Gasteiger charge is -2.21. The van der Waals surface area contributed by atoms with E-state index in [2.05, 4.69) is 13.8 Å². The largest absolute Gasteiger partial charge is 0.384 e. The van der Waals surface area contributed by atoms with E-state index < -0.39 is 0 Å². The van der Waals surface area contributed by atoms with E-state index in [1.807, 2.05) is 11.9 Å². The Bertz CT molecular complexity index is 402. The number of halogens is 1. The molecule has 1 rings (SSSR count). The summed E-state index contributed by atoms with van der Waals surface area (Å²) in [5.41, 5.74) is 6.28. The second kappa shape index (κ2) is 5.66. The van der Waals surface area contributed by atoms with E-state index in [-0.39, 0.29) is 11.7 Å². The van der Waals surface area contributed by atoms with Crippen molar-refractivity contribution in [2.75, 3.05) is 18.5 Å².